The van der Waals surface area contributed by atoms with Crippen LogP contribution in [0, 0.1) is 0 Å². The molecule has 0 aliphatic carbocycles. The number of rotatable bonds is 10. The van der Waals surface area contributed by atoms with Crippen LogP contribution >= 0.6 is 0 Å². The van der Waals surface area contributed by atoms with E-state index in [2.05, 4.69) is 0 Å². The Morgan fingerprint density at radius 3 is 2.45 bits per heavy atom. The quantitative estimate of drug-likeness (QED) is 0.687. The summed E-state index contributed by atoms with van der Waals surface area (Å²) >= 11 is 0. The Kier molecular flexibility index (Phi) is 7.70. The number of aliphatic carboxylic acids is 1. The number of carbonyl (C=O) groups is 1. The molecule has 1 aromatic rings. The second kappa shape index (κ2) is 9.27. The molecule has 0 radical (unpaired) electrons. The molecule has 0 amide bonds. The van der Waals surface area contributed by atoms with Crippen molar-refractivity contribution in [3.8, 4) is 11.5 Å². The summed E-state index contributed by atoms with van der Waals surface area (Å²) in [5, 5.41) is 19.0. The highest BCUT2D eigenvalue weighted by molar-refractivity contribution is 5.66. The number of carboxylic acids is 1. The third-order valence-electron chi connectivity index (χ3n) is 3.60. The normalized spacial score (nSPS) is 12.2. The Hall–Kier alpha value is -1.79. The van der Waals surface area contributed by atoms with Gasteiger partial charge in [0.05, 0.1) is 26.7 Å². The van der Waals surface area contributed by atoms with Crippen molar-refractivity contribution < 1.29 is 24.5 Å². The van der Waals surface area contributed by atoms with Gasteiger partial charge in [0.2, 0.25) is 0 Å². The molecule has 6 nitrogen and oxygen atoms in total. The fraction of sp³-hybridized carbons (Fsp3) is 0.562. The molecule has 0 aliphatic rings. The molecule has 1 aromatic carbocycles. The summed E-state index contributed by atoms with van der Waals surface area (Å²) in [6.07, 6.45) is 0.0159. The minimum atomic E-state index is -0.807. The van der Waals surface area contributed by atoms with Crippen molar-refractivity contribution in [2.75, 3.05) is 33.9 Å². The number of methoxy groups -OCH3 is 2. The highest BCUT2D eigenvalue weighted by atomic mass is 16.5. The van der Waals surface area contributed by atoms with Gasteiger partial charge in [-0.05, 0) is 30.7 Å². The first kappa shape index (κ1) is 18.3. The van der Waals surface area contributed by atoms with E-state index >= 15 is 0 Å². The molecule has 1 rings (SSSR count). The minimum Gasteiger partial charge on any atom is -0.493 e. The predicted molar refractivity (Wildman–Crippen MR) is 83.5 cm³/mol. The van der Waals surface area contributed by atoms with E-state index in [4.69, 9.17) is 14.6 Å². The van der Waals surface area contributed by atoms with Crippen LogP contribution in [0.1, 0.15) is 31.4 Å². The highest BCUT2D eigenvalue weighted by Gasteiger charge is 2.13. The second-order valence-electron chi connectivity index (χ2n) is 5.00. The zero-order chi connectivity index (χ0) is 16.5. The molecule has 0 aromatic heterocycles. The molecule has 0 heterocycles. The molecule has 0 fully saturated rings. The molecule has 6 heteroatoms. The zero-order valence-corrected chi connectivity index (χ0v) is 13.4. The fourth-order valence-corrected chi connectivity index (χ4v) is 2.21. The SMILES string of the molecule is CCN(CCC(=O)O)CCC(O)c1ccc(OC)c(OC)c1. The Balaban J connectivity index is 2.60. The van der Waals surface area contributed by atoms with Crippen molar-refractivity contribution in [3.63, 3.8) is 0 Å². The van der Waals surface area contributed by atoms with Gasteiger partial charge in [-0.1, -0.05) is 13.0 Å². The third-order valence-corrected chi connectivity index (χ3v) is 3.60. The van der Waals surface area contributed by atoms with Crippen LogP contribution in [0.5, 0.6) is 11.5 Å². The van der Waals surface area contributed by atoms with Crippen LogP contribution in [-0.2, 0) is 4.79 Å². The van der Waals surface area contributed by atoms with Gasteiger partial charge in [-0.2, -0.15) is 0 Å². The molecule has 22 heavy (non-hydrogen) atoms. The molecule has 2 N–H and O–H groups in total. The molecule has 1 unspecified atom stereocenters. The summed E-state index contributed by atoms with van der Waals surface area (Å²) in [5.41, 5.74) is 0.756. The largest absolute Gasteiger partial charge is 0.493 e. The number of nitrogens with zero attached hydrogens (tertiary/aromatic N) is 1. The van der Waals surface area contributed by atoms with Gasteiger partial charge in [0, 0.05) is 13.1 Å². The summed E-state index contributed by atoms with van der Waals surface area (Å²) < 4.78 is 10.4. The molecule has 0 bridgehead atoms. The first-order valence-corrected chi connectivity index (χ1v) is 7.35. The number of carboxylic acid groups (broad SMARTS) is 1. The smallest absolute Gasteiger partial charge is 0.304 e. The van der Waals surface area contributed by atoms with Gasteiger partial charge in [0.1, 0.15) is 0 Å². The van der Waals surface area contributed by atoms with E-state index in [0.717, 1.165) is 12.1 Å². The summed E-state index contributed by atoms with van der Waals surface area (Å²) in [7, 11) is 3.12. The van der Waals surface area contributed by atoms with E-state index in [1.54, 1.807) is 32.4 Å². The van der Waals surface area contributed by atoms with E-state index in [1.165, 1.54) is 0 Å². The van der Waals surface area contributed by atoms with Crippen LogP contribution in [0.25, 0.3) is 0 Å². The topological polar surface area (TPSA) is 79.2 Å². The average Bonchev–Trinajstić information content (AvgIpc) is 2.53. The molecule has 124 valence electrons. The lowest BCUT2D eigenvalue weighted by Crippen LogP contribution is -2.28. The van der Waals surface area contributed by atoms with Crippen molar-refractivity contribution in [2.24, 2.45) is 0 Å². The van der Waals surface area contributed by atoms with Crippen LogP contribution in [0.3, 0.4) is 0 Å². The standard InChI is InChI=1S/C16H25NO5/c1-4-17(10-8-16(19)20)9-7-13(18)12-5-6-14(21-2)15(11-12)22-3/h5-6,11,13,18H,4,7-10H2,1-3H3,(H,19,20). The van der Waals surface area contributed by atoms with E-state index in [1.807, 2.05) is 11.8 Å². The van der Waals surface area contributed by atoms with E-state index in [9.17, 15) is 9.90 Å². The number of ether oxygens (including phenoxy) is 2. The molecule has 0 spiro atoms. The Labute approximate surface area is 131 Å². The molecular formula is C16H25NO5. The first-order valence-electron chi connectivity index (χ1n) is 7.35. The average molecular weight is 311 g/mol. The number of aliphatic hydroxyl groups is 1. The first-order chi connectivity index (χ1) is 10.5. The van der Waals surface area contributed by atoms with Gasteiger partial charge in [-0.25, -0.2) is 0 Å². The second-order valence-corrected chi connectivity index (χ2v) is 5.00. The Morgan fingerprint density at radius 1 is 1.23 bits per heavy atom. The maximum Gasteiger partial charge on any atom is 0.304 e. The summed E-state index contributed by atoms with van der Waals surface area (Å²) in [5.74, 6) is 0.395. The van der Waals surface area contributed by atoms with Gasteiger partial charge in [0.25, 0.3) is 0 Å². The maximum atomic E-state index is 10.6. The molecule has 0 saturated heterocycles. The lowest BCUT2D eigenvalue weighted by atomic mass is 10.1. The number of aliphatic hydroxyl groups excluding tert-OH is 1. The van der Waals surface area contributed by atoms with Crippen molar-refractivity contribution in [1.82, 2.24) is 4.90 Å². The summed E-state index contributed by atoms with van der Waals surface area (Å²) in [6.45, 7) is 3.86. The number of benzene rings is 1. The van der Waals surface area contributed by atoms with Crippen LogP contribution in [0.4, 0.5) is 0 Å². The van der Waals surface area contributed by atoms with Gasteiger partial charge < -0.3 is 24.6 Å². The lowest BCUT2D eigenvalue weighted by Gasteiger charge is -2.21. The van der Waals surface area contributed by atoms with Gasteiger partial charge in [-0.3, -0.25) is 4.79 Å². The van der Waals surface area contributed by atoms with Crippen molar-refractivity contribution in [3.05, 3.63) is 23.8 Å². The van der Waals surface area contributed by atoms with Gasteiger partial charge in [0.15, 0.2) is 11.5 Å². The third kappa shape index (κ3) is 5.54. The van der Waals surface area contributed by atoms with E-state index in [-0.39, 0.29) is 6.42 Å². The number of hydrogen-bond acceptors (Lipinski definition) is 5. The van der Waals surface area contributed by atoms with Crippen molar-refractivity contribution in [2.45, 2.75) is 25.9 Å². The number of hydrogen-bond donors (Lipinski definition) is 2. The molecule has 0 saturated carbocycles. The van der Waals surface area contributed by atoms with E-state index in [0.29, 0.717) is 31.0 Å². The van der Waals surface area contributed by atoms with Crippen molar-refractivity contribution >= 4 is 5.97 Å². The van der Waals surface area contributed by atoms with Crippen LogP contribution in [0.15, 0.2) is 18.2 Å². The van der Waals surface area contributed by atoms with Gasteiger partial charge in [-0.15, -0.1) is 0 Å². The lowest BCUT2D eigenvalue weighted by molar-refractivity contribution is -0.137. The van der Waals surface area contributed by atoms with Crippen molar-refractivity contribution in [1.29, 1.82) is 0 Å². The monoisotopic (exact) mass is 311 g/mol. The van der Waals surface area contributed by atoms with E-state index < -0.39 is 12.1 Å². The molecule has 1 atom stereocenters. The van der Waals surface area contributed by atoms with Crippen LogP contribution < -0.4 is 9.47 Å². The molecular weight excluding hydrogens is 286 g/mol. The fourth-order valence-electron chi connectivity index (χ4n) is 2.21. The Morgan fingerprint density at radius 2 is 1.91 bits per heavy atom. The van der Waals surface area contributed by atoms with Crippen LogP contribution in [-0.4, -0.2) is 54.9 Å². The summed E-state index contributed by atoms with van der Waals surface area (Å²) in [6, 6.07) is 5.33. The van der Waals surface area contributed by atoms with Crippen LogP contribution in [0.2, 0.25) is 0 Å². The maximum absolute atomic E-state index is 10.6. The van der Waals surface area contributed by atoms with Gasteiger partial charge >= 0.3 is 5.97 Å². The minimum absolute atomic E-state index is 0.111. The zero-order valence-electron chi connectivity index (χ0n) is 13.4. The summed E-state index contributed by atoms with van der Waals surface area (Å²) in [4.78, 5) is 12.6. The molecule has 0 aliphatic heterocycles. The predicted octanol–water partition coefficient (Wildman–Crippen LogP) is 1.92. The Bertz CT molecular complexity index is 478. The highest BCUT2D eigenvalue weighted by Crippen LogP contribution is 2.30.